The summed E-state index contributed by atoms with van der Waals surface area (Å²) in [5, 5.41) is 2.98. The summed E-state index contributed by atoms with van der Waals surface area (Å²) in [5.41, 5.74) is 2.09. The first kappa shape index (κ1) is 21.5. The van der Waals surface area contributed by atoms with Crippen LogP contribution in [0.4, 0.5) is 5.69 Å². The minimum Gasteiger partial charge on any atom is -0.468 e. The lowest BCUT2D eigenvalue weighted by atomic mass is 10.2. The predicted octanol–water partition coefficient (Wildman–Crippen LogP) is 4.22. The van der Waals surface area contributed by atoms with Crippen molar-refractivity contribution in [3.63, 3.8) is 0 Å². The molecule has 3 rings (SSSR count). The fraction of sp³-hybridized carbons (Fsp3) is 0.217. The zero-order chi connectivity index (χ0) is 21.3. The highest BCUT2D eigenvalue weighted by Gasteiger charge is 2.17. The number of methoxy groups -OCH3 is 1. The van der Waals surface area contributed by atoms with Gasteiger partial charge in [-0.05, 0) is 30.3 Å². The Hall–Kier alpha value is -3.19. The van der Waals surface area contributed by atoms with Crippen LogP contribution in [-0.2, 0) is 10.5 Å². The van der Waals surface area contributed by atoms with Crippen LogP contribution >= 0.6 is 11.8 Å². The molecule has 1 amide bonds. The summed E-state index contributed by atoms with van der Waals surface area (Å²) in [6.45, 7) is 1.22. The molecule has 0 spiro atoms. The summed E-state index contributed by atoms with van der Waals surface area (Å²) in [4.78, 5) is 27.4. The van der Waals surface area contributed by atoms with Crippen LogP contribution in [0.25, 0.3) is 0 Å². The monoisotopic (exact) mass is 424 g/mol. The molecule has 0 atom stereocenters. The van der Waals surface area contributed by atoms with Crippen LogP contribution in [0.2, 0.25) is 0 Å². The second-order valence-corrected chi connectivity index (χ2v) is 7.56. The smallest absolute Gasteiger partial charge is 0.341 e. The maximum absolute atomic E-state index is 12.7. The second-order valence-electron chi connectivity index (χ2n) is 6.55. The van der Waals surface area contributed by atoms with Gasteiger partial charge in [-0.2, -0.15) is 0 Å². The van der Waals surface area contributed by atoms with Crippen molar-refractivity contribution in [2.24, 2.45) is 0 Å². The van der Waals surface area contributed by atoms with Crippen LogP contribution in [0.3, 0.4) is 0 Å². The van der Waals surface area contributed by atoms with Crippen molar-refractivity contribution >= 4 is 29.3 Å². The molecule has 0 aliphatic carbocycles. The molecule has 0 saturated heterocycles. The highest BCUT2D eigenvalue weighted by atomic mass is 32.2. The van der Waals surface area contributed by atoms with Crippen LogP contribution in [-0.4, -0.2) is 39.1 Å². The Morgan fingerprint density at radius 2 is 1.77 bits per heavy atom. The Kier molecular flexibility index (Phi) is 7.57. The molecule has 6 nitrogen and oxygen atoms in total. The molecule has 2 aromatic carbocycles. The molecule has 3 aromatic rings. The van der Waals surface area contributed by atoms with Crippen molar-refractivity contribution in [1.29, 1.82) is 0 Å². The molecule has 0 bridgehead atoms. The number of ether oxygens (including phenoxy) is 1. The summed E-state index contributed by atoms with van der Waals surface area (Å²) in [5.74, 6) is 0.366. The summed E-state index contributed by atoms with van der Waals surface area (Å²) in [7, 11) is 3.33. The third-order valence-corrected chi connectivity index (χ3v) is 5.64. The Morgan fingerprint density at radius 3 is 2.53 bits per heavy atom. The SMILES string of the molecule is COC(=O)c1ccoc1CSc1ccccc1C(=O)NCCN(C)c1ccccc1. The molecule has 0 radical (unpaired) electrons. The summed E-state index contributed by atoms with van der Waals surface area (Å²) >= 11 is 1.44. The molecule has 0 saturated carbocycles. The Bertz CT molecular complexity index is 988. The Labute approximate surface area is 180 Å². The quantitative estimate of drug-likeness (QED) is 0.410. The fourth-order valence-electron chi connectivity index (χ4n) is 2.91. The number of esters is 1. The molecule has 0 unspecified atom stereocenters. The van der Waals surface area contributed by atoms with Gasteiger partial charge < -0.3 is 19.4 Å². The van der Waals surface area contributed by atoms with Gasteiger partial charge in [0.1, 0.15) is 11.3 Å². The number of anilines is 1. The molecule has 0 aliphatic heterocycles. The fourth-order valence-corrected chi connectivity index (χ4v) is 3.91. The van der Waals surface area contributed by atoms with E-state index in [0.29, 0.717) is 35.7 Å². The van der Waals surface area contributed by atoms with Gasteiger partial charge in [0.2, 0.25) is 0 Å². The van der Waals surface area contributed by atoms with Gasteiger partial charge >= 0.3 is 5.97 Å². The summed E-state index contributed by atoms with van der Waals surface area (Å²) in [6.07, 6.45) is 1.46. The molecule has 30 heavy (non-hydrogen) atoms. The number of hydrogen-bond donors (Lipinski definition) is 1. The molecular formula is C23H24N2O4S. The first-order valence-electron chi connectivity index (χ1n) is 9.51. The molecule has 1 aromatic heterocycles. The van der Waals surface area contributed by atoms with Gasteiger partial charge in [0.05, 0.1) is 24.7 Å². The summed E-state index contributed by atoms with van der Waals surface area (Å²) < 4.78 is 10.2. The number of para-hydroxylation sites is 1. The Morgan fingerprint density at radius 1 is 1.03 bits per heavy atom. The van der Waals surface area contributed by atoms with Crippen LogP contribution in [0.5, 0.6) is 0 Å². The zero-order valence-electron chi connectivity index (χ0n) is 17.0. The number of carbonyl (C=O) groups is 2. The first-order valence-corrected chi connectivity index (χ1v) is 10.5. The topological polar surface area (TPSA) is 71.8 Å². The first-order chi connectivity index (χ1) is 14.6. The lowest BCUT2D eigenvalue weighted by Crippen LogP contribution is -2.33. The van der Waals surface area contributed by atoms with Gasteiger partial charge in [-0.25, -0.2) is 4.79 Å². The zero-order valence-corrected chi connectivity index (χ0v) is 17.8. The minimum absolute atomic E-state index is 0.132. The van der Waals surface area contributed by atoms with Crippen molar-refractivity contribution in [3.05, 3.63) is 83.8 Å². The number of amides is 1. The van der Waals surface area contributed by atoms with Crippen molar-refractivity contribution < 1.29 is 18.7 Å². The number of nitrogens with zero attached hydrogens (tertiary/aromatic N) is 1. The largest absolute Gasteiger partial charge is 0.468 e. The molecule has 1 heterocycles. The van der Waals surface area contributed by atoms with E-state index in [1.165, 1.54) is 25.1 Å². The summed E-state index contributed by atoms with van der Waals surface area (Å²) in [6, 6.07) is 19.0. The highest BCUT2D eigenvalue weighted by molar-refractivity contribution is 7.98. The van der Waals surface area contributed by atoms with Crippen LogP contribution in [0.15, 0.2) is 76.2 Å². The number of furan rings is 1. The molecule has 0 fully saturated rings. The molecule has 7 heteroatoms. The standard InChI is InChI=1S/C23H24N2O4S/c1-25(17-8-4-3-5-9-17)14-13-24-22(26)19-10-6-7-11-21(19)30-16-20-18(12-15-29-20)23(27)28-2/h3-12,15H,13-14,16H2,1-2H3,(H,24,26). The minimum atomic E-state index is -0.437. The molecule has 0 aliphatic rings. The van der Waals surface area contributed by atoms with Crippen LogP contribution < -0.4 is 10.2 Å². The van der Waals surface area contributed by atoms with E-state index in [1.807, 2.05) is 55.6 Å². The number of rotatable bonds is 9. The van der Waals surface area contributed by atoms with Crippen LogP contribution in [0, 0.1) is 0 Å². The van der Waals surface area contributed by atoms with Crippen LogP contribution in [0.1, 0.15) is 26.5 Å². The van der Waals surface area contributed by atoms with Gasteiger partial charge in [0, 0.05) is 30.7 Å². The van der Waals surface area contributed by atoms with E-state index in [4.69, 9.17) is 9.15 Å². The average molecular weight is 425 g/mol. The van der Waals surface area contributed by atoms with E-state index in [1.54, 1.807) is 12.1 Å². The molecular weight excluding hydrogens is 400 g/mol. The average Bonchev–Trinajstić information content (AvgIpc) is 3.26. The third kappa shape index (κ3) is 5.45. The maximum Gasteiger partial charge on any atom is 0.341 e. The number of thioether (sulfide) groups is 1. The van der Waals surface area contributed by atoms with E-state index in [2.05, 4.69) is 10.2 Å². The van der Waals surface area contributed by atoms with Gasteiger partial charge in [-0.1, -0.05) is 30.3 Å². The van der Waals surface area contributed by atoms with Crippen molar-refractivity contribution in [3.8, 4) is 0 Å². The number of benzene rings is 2. The Balaban J connectivity index is 1.58. The van der Waals surface area contributed by atoms with E-state index < -0.39 is 5.97 Å². The van der Waals surface area contributed by atoms with Gasteiger partial charge in [0.25, 0.3) is 5.91 Å². The lowest BCUT2D eigenvalue weighted by molar-refractivity contribution is 0.0598. The van der Waals surface area contributed by atoms with Gasteiger partial charge in [0.15, 0.2) is 0 Å². The predicted molar refractivity (Wildman–Crippen MR) is 118 cm³/mol. The van der Waals surface area contributed by atoms with E-state index in [-0.39, 0.29) is 5.91 Å². The highest BCUT2D eigenvalue weighted by Crippen LogP contribution is 2.28. The number of carbonyl (C=O) groups excluding carboxylic acids is 2. The maximum atomic E-state index is 12.7. The third-order valence-electron chi connectivity index (χ3n) is 4.57. The van der Waals surface area contributed by atoms with E-state index in [0.717, 1.165) is 10.6 Å². The molecule has 156 valence electrons. The normalized spacial score (nSPS) is 10.5. The number of hydrogen-bond acceptors (Lipinski definition) is 6. The number of nitrogens with one attached hydrogen (secondary N) is 1. The van der Waals surface area contributed by atoms with Crippen molar-refractivity contribution in [2.45, 2.75) is 10.6 Å². The van der Waals surface area contributed by atoms with E-state index in [9.17, 15) is 9.59 Å². The van der Waals surface area contributed by atoms with E-state index >= 15 is 0 Å². The van der Waals surface area contributed by atoms with Gasteiger partial charge in [-0.15, -0.1) is 11.8 Å². The molecule has 1 N–H and O–H groups in total. The lowest BCUT2D eigenvalue weighted by Gasteiger charge is -2.19. The van der Waals surface area contributed by atoms with Crippen molar-refractivity contribution in [2.75, 3.05) is 32.1 Å². The second kappa shape index (κ2) is 10.5. The van der Waals surface area contributed by atoms with Gasteiger partial charge in [-0.3, -0.25) is 4.79 Å². The number of likely N-dealkylation sites (N-methyl/N-ethyl adjacent to an activating group) is 1. The van der Waals surface area contributed by atoms with Crippen molar-refractivity contribution in [1.82, 2.24) is 5.32 Å².